The van der Waals surface area contributed by atoms with Crippen LogP contribution in [-0.2, 0) is 9.59 Å². The monoisotopic (exact) mass is 434 g/mol. The molecule has 0 aliphatic carbocycles. The summed E-state index contributed by atoms with van der Waals surface area (Å²) < 4.78 is 0. The Morgan fingerprint density at radius 3 is 2.41 bits per heavy atom. The van der Waals surface area contributed by atoms with Crippen molar-refractivity contribution in [1.82, 2.24) is 0 Å². The van der Waals surface area contributed by atoms with Gasteiger partial charge in [-0.1, -0.05) is 24.9 Å². The zero-order valence-electron chi connectivity index (χ0n) is 16.2. The van der Waals surface area contributed by atoms with Crippen molar-refractivity contribution in [2.45, 2.75) is 43.3 Å². The number of carbonyl (C=O) groups excluding carboxylic acids is 2. The standard InChI is InChI=1S/C21H23ClN2O4S/c1-3-4-5-19(25)23-15-7-9-16(10-8-15)29-13(2)20(26)24-18-12-14(21(27)28)6-11-17(18)22/h6-13H,3-5H2,1-2H3,(H,23,25)(H,24,26)(H,27,28). The number of carboxylic acids is 1. The van der Waals surface area contributed by atoms with Gasteiger partial charge >= 0.3 is 5.97 Å². The van der Waals surface area contributed by atoms with Crippen LogP contribution in [0.5, 0.6) is 0 Å². The molecule has 0 saturated carbocycles. The van der Waals surface area contributed by atoms with E-state index in [0.717, 1.165) is 17.7 Å². The Balaban J connectivity index is 1.95. The Kier molecular flexibility index (Phi) is 8.54. The Labute approximate surface area is 179 Å². The number of hydrogen-bond donors (Lipinski definition) is 3. The smallest absolute Gasteiger partial charge is 0.335 e. The van der Waals surface area contributed by atoms with Crippen LogP contribution in [0.1, 0.15) is 43.5 Å². The summed E-state index contributed by atoms with van der Waals surface area (Å²) in [6.07, 6.45) is 2.32. The predicted octanol–water partition coefficient (Wildman–Crippen LogP) is 5.29. The second-order valence-corrected chi connectivity index (χ2v) is 8.25. The zero-order chi connectivity index (χ0) is 21.4. The molecule has 1 unspecified atom stereocenters. The second-order valence-electron chi connectivity index (χ2n) is 6.43. The number of thioether (sulfide) groups is 1. The molecule has 1 atom stereocenters. The number of unbranched alkanes of at least 4 members (excludes halogenated alkanes) is 1. The average Bonchev–Trinajstić information content (AvgIpc) is 2.69. The molecule has 0 saturated heterocycles. The SMILES string of the molecule is CCCCC(=O)Nc1ccc(SC(C)C(=O)Nc2cc(C(=O)O)ccc2Cl)cc1. The molecule has 6 nitrogen and oxygen atoms in total. The molecule has 0 aromatic heterocycles. The molecular formula is C21H23ClN2O4S. The third kappa shape index (κ3) is 7.11. The van der Waals surface area contributed by atoms with Crippen molar-refractivity contribution < 1.29 is 19.5 Å². The van der Waals surface area contributed by atoms with Crippen LogP contribution in [0.3, 0.4) is 0 Å². The molecule has 2 aromatic rings. The van der Waals surface area contributed by atoms with Crippen LogP contribution < -0.4 is 10.6 Å². The normalized spacial score (nSPS) is 11.6. The van der Waals surface area contributed by atoms with E-state index in [1.165, 1.54) is 30.0 Å². The fourth-order valence-electron chi connectivity index (χ4n) is 2.42. The van der Waals surface area contributed by atoms with Crippen LogP contribution >= 0.6 is 23.4 Å². The van der Waals surface area contributed by atoms with Gasteiger partial charge in [-0.2, -0.15) is 0 Å². The Bertz CT molecular complexity index is 887. The van der Waals surface area contributed by atoms with Gasteiger partial charge in [0, 0.05) is 17.0 Å². The van der Waals surface area contributed by atoms with E-state index in [1.807, 2.05) is 19.1 Å². The Hall–Kier alpha value is -2.51. The van der Waals surface area contributed by atoms with E-state index in [0.29, 0.717) is 12.1 Å². The van der Waals surface area contributed by atoms with Crippen molar-refractivity contribution in [1.29, 1.82) is 0 Å². The van der Waals surface area contributed by atoms with Gasteiger partial charge in [0.05, 0.1) is 21.5 Å². The molecule has 2 rings (SSSR count). The van der Waals surface area contributed by atoms with E-state index < -0.39 is 11.2 Å². The lowest BCUT2D eigenvalue weighted by molar-refractivity contribution is -0.116. The summed E-state index contributed by atoms with van der Waals surface area (Å²) in [6, 6.07) is 11.4. The molecule has 8 heteroatoms. The molecule has 0 radical (unpaired) electrons. The Morgan fingerprint density at radius 2 is 1.79 bits per heavy atom. The summed E-state index contributed by atoms with van der Waals surface area (Å²) in [4.78, 5) is 36.2. The Morgan fingerprint density at radius 1 is 1.10 bits per heavy atom. The molecule has 0 heterocycles. The maximum atomic E-state index is 12.5. The van der Waals surface area contributed by atoms with Gasteiger partial charge in [-0.25, -0.2) is 4.79 Å². The zero-order valence-corrected chi connectivity index (χ0v) is 17.8. The van der Waals surface area contributed by atoms with E-state index in [9.17, 15) is 14.4 Å². The second kappa shape index (κ2) is 10.9. The summed E-state index contributed by atoms with van der Waals surface area (Å²) in [5.74, 6) is -1.40. The minimum Gasteiger partial charge on any atom is -0.478 e. The largest absolute Gasteiger partial charge is 0.478 e. The number of rotatable bonds is 9. The van der Waals surface area contributed by atoms with Crippen LogP contribution in [0.2, 0.25) is 5.02 Å². The molecule has 29 heavy (non-hydrogen) atoms. The molecule has 0 bridgehead atoms. The van der Waals surface area contributed by atoms with E-state index in [4.69, 9.17) is 16.7 Å². The fraction of sp³-hybridized carbons (Fsp3) is 0.286. The molecule has 3 N–H and O–H groups in total. The first kappa shape index (κ1) is 22.8. The predicted molar refractivity (Wildman–Crippen MR) is 117 cm³/mol. The summed E-state index contributed by atoms with van der Waals surface area (Å²) >= 11 is 7.40. The molecule has 2 aromatic carbocycles. The van der Waals surface area contributed by atoms with Gasteiger partial charge in [0.15, 0.2) is 0 Å². The fourth-order valence-corrected chi connectivity index (χ4v) is 3.46. The van der Waals surface area contributed by atoms with Gasteiger partial charge < -0.3 is 15.7 Å². The molecular weight excluding hydrogens is 412 g/mol. The molecule has 0 spiro atoms. The van der Waals surface area contributed by atoms with E-state index in [2.05, 4.69) is 10.6 Å². The van der Waals surface area contributed by atoms with Crippen molar-refractivity contribution in [3.8, 4) is 0 Å². The van der Waals surface area contributed by atoms with Crippen LogP contribution in [0.15, 0.2) is 47.4 Å². The van der Waals surface area contributed by atoms with Gasteiger partial charge in [0.25, 0.3) is 0 Å². The van der Waals surface area contributed by atoms with Crippen molar-refractivity contribution in [3.63, 3.8) is 0 Å². The number of halogens is 1. The number of nitrogens with one attached hydrogen (secondary N) is 2. The van der Waals surface area contributed by atoms with Crippen molar-refractivity contribution in [2.75, 3.05) is 10.6 Å². The van der Waals surface area contributed by atoms with E-state index in [1.54, 1.807) is 19.1 Å². The number of carboxylic acid groups (broad SMARTS) is 1. The highest BCUT2D eigenvalue weighted by atomic mass is 35.5. The maximum Gasteiger partial charge on any atom is 0.335 e. The van der Waals surface area contributed by atoms with Gasteiger partial charge in [-0.05, 0) is 55.8 Å². The van der Waals surface area contributed by atoms with Gasteiger partial charge in [0.2, 0.25) is 11.8 Å². The van der Waals surface area contributed by atoms with Crippen molar-refractivity contribution in [2.24, 2.45) is 0 Å². The van der Waals surface area contributed by atoms with Crippen molar-refractivity contribution in [3.05, 3.63) is 53.1 Å². The lowest BCUT2D eigenvalue weighted by Crippen LogP contribution is -2.22. The third-order valence-electron chi connectivity index (χ3n) is 4.05. The maximum absolute atomic E-state index is 12.5. The number of carbonyl (C=O) groups is 3. The highest BCUT2D eigenvalue weighted by Gasteiger charge is 2.17. The quantitative estimate of drug-likeness (QED) is 0.466. The number of aromatic carboxylic acids is 1. The average molecular weight is 435 g/mol. The topological polar surface area (TPSA) is 95.5 Å². The number of benzene rings is 2. The number of amides is 2. The minimum atomic E-state index is -1.10. The van der Waals surface area contributed by atoms with Crippen molar-refractivity contribution >= 4 is 52.5 Å². The summed E-state index contributed by atoms with van der Waals surface area (Å²) in [7, 11) is 0. The first-order valence-electron chi connectivity index (χ1n) is 9.20. The van der Waals surface area contributed by atoms with Gasteiger partial charge in [0.1, 0.15) is 0 Å². The molecule has 154 valence electrons. The van der Waals surface area contributed by atoms with Gasteiger partial charge in [-0.3, -0.25) is 9.59 Å². The molecule has 0 aliphatic rings. The van der Waals surface area contributed by atoms with E-state index >= 15 is 0 Å². The highest BCUT2D eigenvalue weighted by molar-refractivity contribution is 8.00. The van der Waals surface area contributed by atoms with Crippen LogP contribution in [0, 0.1) is 0 Å². The minimum absolute atomic E-state index is 0.0135. The lowest BCUT2D eigenvalue weighted by Gasteiger charge is -2.14. The molecule has 0 aliphatic heterocycles. The van der Waals surface area contributed by atoms with Crippen LogP contribution in [0.25, 0.3) is 0 Å². The molecule has 0 fully saturated rings. The first-order chi connectivity index (χ1) is 13.8. The summed E-state index contributed by atoms with van der Waals surface area (Å²) in [5, 5.41) is 14.4. The summed E-state index contributed by atoms with van der Waals surface area (Å²) in [6.45, 7) is 3.78. The van der Waals surface area contributed by atoms with Crippen LogP contribution in [-0.4, -0.2) is 28.1 Å². The van der Waals surface area contributed by atoms with Crippen LogP contribution in [0.4, 0.5) is 11.4 Å². The number of hydrogen-bond acceptors (Lipinski definition) is 4. The highest BCUT2D eigenvalue weighted by Crippen LogP contribution is 2.28. The third-order valence-corrected chi connectivity index (χ3v) is 5.49. The summed E-state index contributed by atoms with van der Waals surface area (Å²) in [5.41, 5.74) is 1.01. The van der Waals surface area contributed by atoms with E-state index in [-0.39, 0.29) is 28.1 Å². The number of anilines is 2. The molecule has 2 amide bonds. The lowest BCUT2D eigenvalue weighted by atomic mass is 10.2. The first-order valence-corrected chi connectivity index (χ1v) is 10.5. The van der Waals surface area contributed by atoms with Gasteiger partial charge in [-0.15, -0.1) is 11.8 Å².